The molecule has 0 aliphatic rings. The van der Waals surface area contributed by atoms with E-state index in [1.54, 1.807) is 0 Å². The van der Waals surface area contributed by atoms with Gasteiger partial charge in [-0.3, -0.25) is 14.4 Å². The number of allylic oxidation sites excluding steroid dienone is 8. The number of unbranched alkanes of at least 4 members (excludes halogenated alkanes) is 15. The topological polar surface area (TPSA) is 142 Å². The second kappa shape index (κ2) is 37.3. The normalized spacial score (nSPS) is 13.1. The summed E-state index contributed by atoms with van der Waals surface area (Å²) in [7, 11) is 0. The maximum atomic E-state index is 12.6. The number of carboxylic acids is 1. The molecule has 0 aliphatic carbocycles. The van der Waals surface area contributed by atoms with Gasteiger partial charge in [0.2, 0.25) is 11.8 Å². The number of aliphatic hydroxyl groups excluding tert-OH is 1. The Morgan fingerprint density at radius 1 is 0.596 bits per heavy atom. The van der Waals surface area contributed by atoms with E-state index in [0.717, 1.165) is 57.8 Å². The molecule has 0 saturated carbocycles. The molecule has 0 radical (unpaired) electrons. The Morgan fingerprint density at radius 2 is 1.12 bits per heavy atom. The van der Waals surface area contributed by atoms with Crippen molar-refractivity contribution in [3.05, 3.63) is 60.8 Å². The minimum Gasteiger partial charge on any atom is -0.480 e. The number of hydrogen-bond donors (Lipinski definition) is 4. The van der Waals surface area contributed by atoms with Gasteiger partial charge in [-0.05, 0) is 82.8 Å². The molecule has 0 bridgehead atoms. The third-order valence-corrected chi connectivity index (χ3v) is 8.46. The summed E-state index contributed by atoms with van der Waals surface area (Å²) in [5, 5.41) is 22.4. The second-order valence-corrected chi connectivity index (χ2v) is 13.3. The van der Waals surface area contributed by atoms with Crippen LogP contribution in [0.4, 0.5) is 0 Å². The zero-order valence-electron chi connectivity index (χ0n) is 32.5. The van der Waals surface area contributed by atoms with E-state index in [-0.39, 0.29) is 24.8 Å². The number of rotatable bonds is 35. The standard InChI is InChI=1S/C43H72N2O7/c1-3-5-7-9-10-11-12-13-14-15-16-17-18-19-20-21-22-27-31-35-42(49)52-38(32-28-24-8-6-4-2)33-29-25-23-26-30-34-40(47)44-36-41(48)45-39(37-46)43(50)51/h6,8,10-11,13-14,28-29,32-33,38-39,46H,3-5,7,9,12,15-27,30-31,34-37H2,1-2H3,(H,44,47)(H,45,48)(H,50,51)/b8-6-,11-10-,14-13-,32-28-,33-29-. The maximum Gasteiger partial charge on any atom is 0.328 e. The molecule has 0 aromatic carbocycles. The van der Waals surface area contributed by atoms with E-state index >= 15 is 0 Å². The number of nitrogens with one attached hydrogen (secondary N) is 2. The van der Waals surface area contributed by atoms with Gasteiger partial charge in [-0.1, -0.05) is 127 Å². The summed E-state index contributed by atoms with van der Waals surface area (Å²) >= 11 is 0. The number of aliphatic hydroxyl groups is 1. The van der Waals surface area contributed by atoms with Crippen LogP contribution in [0.2, 0.25) is 0 Å². The van der Waals surface area contributed by atoms with Crippen LogP contribution in [0.15, 0.2) is 60.8 Å². The van der Waals surface area contributed by atoms with Crippen LogP contribution in [0.25, 0.3) is 0 Å². The predicted octanol–water partition coefficient (Wildman–Crippen LogP) is 9.37. The summed E-state index contributed by atoms with van der Waals surface area (Å²) in [6.45, 7) is 3.26. The van der Waals surface area contributed by atoms with Crippen molar-refractivity contribution >= 4 is 23.8 Å². The fourth-order valence-electron chi connectivity index (χ4n) is 5.35. The molecule has 4 N–H and O–H groups in total. The number of hydrogen-bond acceptors (Lipinski definition) is 6. The lowest BCUT2D eigenvalue weighted by atomic mass is 10.1. The van der Waals surface area contributed by atoms with Gasteiger partial charge in [-0.2, -0.15) is 0 Å². The number of carbonyl (C=O) groups is 4. The summed E-state index contributed by atoms with van der Waals surface area (Å²) in [4.78, 5) is 47.2. The zero-order chi connectivity index (χ0) is 38.3. The monoisotopic (exact) mass is 729 g/mol. The molecule has 52 heavy (non-hydrogen) atoms. The Hall–Kier alpha value is -3.46. The molecule has 296 valence electrons. The summed E-state index contributed by atoms with van der Waals surface area (Å²) in [5.74, 6) is -2.48. The molecule has 0 aromatic heterocycles. The second-order valence-electron chi connectivity index (χ2n) is 13.3. The average molecular weight is 729 g/mol. The fourth-order valence-corrected chi connectivity index (χ4v) is 5.35. The molecule has 0 heterocycles. The van der Waals surface area contributed by atoms with E-state index in [2.05, 4.69) is 60.9 Å². The molecule has 0 fully saturated rings. The quantitative estimate of drug-likeness (QED) is 0.0289. The van der Waals surface area contributed by atoms with Crippen LogP contribution in [0.3, 0.4) is 0 Å². The van der Waals surface area contributed by atoms with Gasteiger partial charge < -0.3 is 25.6 Å². The first-order valence-corrected chi connectivity index (χ1v) is 20.2. The first-order valence-electron chi connectivity index (χ1n) is 20.2. The van der Waals surface area contributed by atoms with E-state index < -0.39 is 30.6 Å². The van der Waals surface area contributed by atoms with Crippen LogP contribution in [0, 0.1) is 0 Å². The fraction of sp³-hybridized carbons (Fsp3) is 0.674. The summed E-state index contributed by atoms with van der Waals surface area (Å²) in [6, 6.07) is -1.39. The van der Waals surface area contributed by atoms with Gasteiger partial charge in [-0.15, -0.1) is 0 Å². The van der Waals surface area contributed by atoms with Gasteiger partial charge in [0.15, 0.2) is 0 Å². The lowest BCUT2D eigenvalue weighted by molar-refractivity contribution is -0.145. The summed E-state index contributed by atoms with van der Waals surface area (Å²) in [5.41, 5.74) is 0. The highest BCUT2D eigenvalue weighted by molar-refractivity contribution is 5.87. The molecular weight excluding hydrogens is 656 g/mol. The van der Waals surface area contributed by atoms with Crippen LogP contribution in [-0.2, 0) is 23.9 Å². The van der Waals surface area contributed by atoms with Gasteiger partial charge in [0.1, 0.15) is 12.1 Å². The number of ether oxygens (including phenoxy) is 1. The lowest BCUT2D eigenvalue weighted by Gasteiger charge is -2.12. The number of carboxylic acid groups (broad SMARTS) is 1. The van der Waals surface area contributed by atoms with Crippen LogP contribution in [0.5, 0.6) is 0 Å². The summed E-state index contributed by atoms with van der Waals surface area (Å²) < 4.78 is 5.77. The Bertz CT molecular complexity index is 1060. The lowest BCUT2D eigenvalue weighted by Crippen LogP contribution is -2.47. The van der Waals surface area contributed by atoms with Gasteiger partial charge in [0.25, 0.3) is 0 Å². The van der Waals surface area contributed by atoms with Crippen molar-refractivity contribution in [3.63, 3.8) is 0 Å². The van der Waals surface area contributed by atoms with Gasteiger partial charge >= 0.3 is 11.9 Å². The van der Waals surface area contributed by atoms with Crippen molar-refractivity contribution in [1.82, 2.24) is 10.6 Å². The SMILES string of the molecule is CC/C=C\C/C=C\C(/C=C\CCCCCC(=O)NCC(=O)NC(CO)C(=O)O)OC(=O)CCCCCCCCCCC/C=C\C/C=C\CCCCC. The first kappa shape index (κ1) is 48.5. The highest BCUT2D eigenvalue weighted by Gasteiger charge is 2.18. The molecule has 0 rings (SSSR count). The maximum absolute atomic E-state index is 12.6. The molecular formula is C43H72N2O7. The molecule has 0 saturated heterocycles. The van der Waals surface area contributed by atoms with Crippen LogP contribution >= 0.6 is 0 Å². The van der Waals surface area contributed by atoms with Gasteiger partial charge in [0, 0.05) is 12.8 Å². The van der Waals surface area contributed by atoms with Crippen molar-refractivity contribution in [2.24, 2.45) is 0 Å². The van der Waals surface area contributed by atoms with E-state index in [1.165, 1.54) is 70.6 Å². The predicted molar refractivity (Wildman–Crippen MR) is 213 cm³/mol. The van der Waals surface area contributed by atoms with E-state index in [0.29, 0.717) is 12.8 Å². The summed E-state index contributed by atoms with van der Waals surface area (Å²) in [6.07, 6.45) is 44.6. The molecule has 2 amide bonds. The van der Waals surface area contributed by atoms with E-state index in [4.69, 9.17) is 14.9 Å². The van der Waals surface area contributed by atoms with Crippen LogP contribution in [0.1, 0.15) is 162 Å². The zero-order valence-corrected chi connectivity index (χ0v) is 32.5. The van der Waals surface area contributed by atoms with Crippen LogP contribution in [-0.4, -0.2) is 59.3 Å². The largest absolute Gasteiger partial charge is 0.480 e. The Morgan fingerprint density at radius 3 is 1.73 bits per heavy atom. The molecule has 0 aliphatic heterocycles. The smallest absolute Gasteiger partial charge is 0.328 e. The van der Waals surface area contributed by atoms with Crippen molar-refractivity contribution in [1.29, 1.82) is 0 Å². The third kappa shape index (κ3) is 33.7. The molecule has 0 spiro atoms. The Kier molecular flexibility index (Phi) is 34.8. The van der Waals surface area contributed by atoms with Crippen molar-refractivity contribution in [2.45, 2.75) is 174 Å². The van der Waals surface area contributed by atoms with Crippen molar-refractivity contribution < 1.29 is 34.1 Å². The van der Waals surface area contributed by atoms with Gasteiger partial charge in [0.05, 0.1) is 13.2 Å². The number of aliphatic carboxylic acids is 1. The Balaban J connectivity index is 4.14. The highest BCUT2D eigenvalue weighted by Crippen LogP contribution is 2.13. The minimum absolute atomic E-state index is 0.171. The minimum atomic E-state index is -1.39. The van der Waals surface area contributed by atoms with Gasteiger partial charge in [-0.25, -0.2) is 4.79 Å². The highest BCUT2D eigenvalue weighted by atomic mass is 16.5. The molecule has 2 atom stereocenters. The number of amides is 2. The number of carbonyl (C=O) groups excluding carboxylic acids is 3. The number of esters is 1. The third-order valence-electron chi connectivity index (χ3n) is 8.46. The first-order chi connectivity index (χ1) is 25.3. The van der Waals surface area contributed by atoms with E-state index in [1.807, 2.05) is 24.3 Å². The van der Waals surface area contributed by atoms with Crippen molar-refractivity contribution in [3.8, 4) is 0 Å². The average Bonchev–Trinajstić information content (AvgIpc) is 3.13. The molecule has 9 nitrogen and oxygen atoms in total. The molecule has 0 aromatic rings. The van der Waals surface area contributed by atoms with Crippen molar-refractivity contribution in [2.75, 3.05) is 13.2 Å². The van der Waals surface area contributed by atoms with Crippen LogP contribution < -0.4 is 10.6 Å². The Labute approximate surface area is 315 Å². The molecule has 9 heteroatoms. The van der Waals surface area contributed by atoms with E-state index in [9.17, 15) is 19.2 Å². The molecule has 2 unspecified atom stereocenters.